The van der Waals surface area contributed by atoms with Crippen LogP contribution in [-0.2, 0) is 19.6 Å². The van der Waals surface area contributed by atoms with Gasteiger partial charge in [-0.3, -0.25) is 4.79 Å². The molecule has 0 aromatic heterocycles. The van der Waals surface area contributed by atoms with Crippen LogP contribution in [0.3, 0.4) is 0 Å². The fraction of sp³-hybridized carbons (Fsp3) is 0.333. The molecule has 1 atom stereocenters. The Morgan fingerprint density at radius 1 is 1.23 bits per heavy atom. The van der Waals surface area contributed by atoms with E-state index in [0.29, 0.717) is 11.8 Å². The van der Waals surface area contributed by atoms with Crippen molar-refractivity contribution in [3.05, 3.63) is 53.1 Å². The van der Waals surface area contributed by atoms with E-state index in [4.69, 9.17) is 16.3 Å². The molecule has 2 aromatic rings. The lowest BCUT2D eigenvalue weighted by molar-refractivity contribution is -0.121. The molecule has 166 valence electrons. The van der Waals surface area contributed by atoms with Crippen LogP contribution < -0.4 is 4.90 Å². The number of para-hydroxylation sites is 1. The fourth-order valence-corrected chi connectivity index (χ4v) is 5.30. The average Bonchev–Trinajstić information content (AvgIpc) is 2.90. The van der Waals surface area contributed by atoms with Crippen LogP contribution in [0.4, 0.5) is 5.69 Å². The molecular formula is C21H23ClN2O5S2. The molecule has 1 aliphatic heterocycles. The van der Waals surface area contributed by atoms with E-state index in [0.717, 1.165) is 27.4 Å². The third-order valence-electron chi connectivity index (χ3n) is 4.81. The Bertz CT molecular complexity index is 1100. The second-order valence-corrected chi connectivity index (χ2v) is 11.3. The third kappa shape index (κ3) is 5.23. The van der Waals surface area contributed by atoms with Gasteiger partial charge in [-0.1, -0.05) is 30.7 Å². The molecule has 31 heavy (non-hydrogen) atoms. The van der Waals surface area contributed by atoms with E-state index in [1.165, 1.54) is 26.2 Å². The van der Waals surface area contributed by atoms with Gasteiger partial charge in [-0.2, -0.15) is 0 Å². The van der Waals surface area contributed by atoms with Crippen molar-refractivity contribution in [3.63, 3.8) is 0 Å². The third-order valence-corrected chi connectivity index (χ3v) is 8.19. The molecule has 2 aromatic carbocycles. The van der Waals surface area contributed by atoms with E-state index >= 15 is 0 Å². The minimum atomic E-state index is -3.75. The number of carbonyl (C=O) groups excluding carboxylic acids is 2. The van der Waals surface area contributed by atoms with Crippen LogP contribution in [-0.4, -0.2) is 57.1 Å². The first-order valence-corrected chi connectivity index (χ1v) is 12.3. The molecule has 1 unspecified atom stereocenters. The van der Waals surface area contributed by atoms with Gasteiger partial charge in [0.05, 0.1) is 21.2 Å². The number of carbonyl (C=O) groups is 2. The first-order valence-electron chi connectivity index (χ1n) is 9.56. The highest BCUT2D eigenvalue weighted by Gasteiger charge is 2.26. The number of sulfonamides is 1. The molecule has 0 spiro atoms. The van der Waals surface area contributed by atoms with Gasteiger partial charge in [0.25, 0.3) is 5.91 Å². The van der Waals surface area contributed by atoms with Gasteiger partial charge < -0.3 is 9.64 Å². The summed E-state index contributed by atoms with van der Waals surface area (Å²) in [6.07, 6.45) is 0.801. The number of ether oxygens (including phenoxy) is 1. The first kappa shape index (κ1) is 23.6. The van der Waals surface area contributed by atoms with Gasteiger partial charge >= 0.3 is 5.97 Å². The summed E-state index contributed by atoms with van der Waals surface area (Å²) in [5.41, 5.74) is 0.674. The van der Waals surface area contributed by atoms with Crippen molar-refractivity contribution in [1.82, 2.24) is 4.31 Å². The summed E-state index contributed by atoms with van der Waals surface area (Å²) in [7, 11) is -0.976. The average molecular weight is 483 g/mol. The summed E-state index contributed by atoms with van der Waals surface area (Å²) < 4.78 is 30.9. The fourth-order valence-electron chi connectivity index (χ4n) is 3.06. The first-order chi connectivity index (χ1) is 14.6. The highest BCUT2D eigenvalue weighted by Crippen LogP contribution is 2.37. The van der Waals surface area contributed by atoms with Gasteiger partial charge in [0.1, 0.15) is 0 Å². The Morgan fingerprint density at radius 2 is 1.94 bits per heavy atom. The van der Waals surface area contributed by atoms with E-state index in [1.54, 1.807) is 16.7 Å². The zero-order valence-electron chi connectivity index (χ0n) is 17.4. The molecule has 0 aliphatic carbocycles. The van der Waals surface area contributed by atoms with E-state index in [1.807, 2.05) is 24.3 Å². The topological polar surface area (TPSA) is 84.0 Å². The molecular weight excluding hydrogens is 460 g/mol. The lowest BCUT2D eigenvalue weighted by Crippen LogP contribution is -2.35. The van der Waals surface area contributed by atoms with Crippen molar-refractivity contribution in [2.24, 2.45) is 0 Å². The van der Waals surface area contributed by atoms with Gasteiger partial charge in [-0.25, -0.2) is 17.5 Å². The molecule has 0 fully saturated rings. The van der Waals surface area contributed by atoms with E-state index in [2.05, 4.69) is 6.92 Å². The normalized spacial score (nSPS) is 16.5. The number of thioether (sulfide) groups is 1. The second-order valence-electron chi connectivity index (χ2n) is 7.24. The van der Waals surface area contributed by atoms with Crippen LogP contribution in [0.25, 0.3) is 0 Å². The van der Waals surface area contributed by atoms with E-state index < -0.39 is 22.6 Å². The molecule has 1 aliphatic rings. The van der Waals surface area contributed by atoms with Crippen LogP contribution in [0.1, 0.15) is 23.7 Å². The number of fused-ring (bicyclic) bond motifs is 1. The zero-order chi connectivity index (χ0) is 22.8. The molecule has 0 saturated heterocycles. The van der Waals surface area contributed by atoms with Gasteiger partial charge in [-0.05, 0) is 36.8 Å². The summed E-state index contributed by atoms with van der Waals surface area (Å²) in [6, 6.07) is 11.4. The Balaban J connectivity index is 1.76. The van der Waals surface area contributed by atoms with Gasteiger partial charge in [0, 0.05) is 30.8 Å². The SMILES string of the molecule is CC1CCN(C(=O)COC(=O)c2cc(S(=O)(=O)N(C)C)ccc2Cl)c2ccccc2S1. The van der Waals surface area contributed by atoms with Gasteiger partial charge in [-0.15, -0.1) is 11.8 Å². The number of halogens is 1. The molecule has 1 amide bonds. The molecule has 0 bridgehead atoms. The van der Waals surface area contributed by atoms with Crippen LogP contribution >= 0.6 is 23.4 Å². The Hall–Kier alpha value is -2.07. The van der Waals surface area contributed by atoms with Crippen LogP contribution in [0, 0.1) is 0 Å². The minimum absolute atomic E-state index is 0.0421. The monoisotopic (exact) mass is 482 g/mol. The van der Waals surface area contributed by atoms with Crippen LogP contribution in [0.15, 0.2) is 52.3 Å². The second kappa shape index (κ2) is 9.60. The standard InChI is InChI=1S/C21H23ClN2O5S2/c1-14-10-11-24(18-6-4-5-7-19(18)30-14)20(25)13-29-21(26)16-12-15(8-9-17(16)22)31(27,28)23(2)3/h4-9,12,14H,10-11,13H2,1-3H3. The number of anilines is 1. The van der Waals surface area contributed by atoms with Crippen molar-refractivity contribution in [2.75, 3.05) is 32.1 Å². The van der Waals surface area contributed by atoms with Crippen molar-refractivity contribution >= 4 is 50.9 Å². The number of nitrogens with zero attached hydrogens (tertiary/aromatic N) is 2. The van der Waals surface area contributed by atoms with Crippen LogP contribution in [0.2, 0.25) is 5.02 Å². The van der Waals surface area contributed by atoms with E-state index in [9.17, 15) is 18.0 Å². The highest BCUT2D eigenvalue weighted by atomic mass is 35.5. The molecule has 1 heterocycles. The van der Waals surface area contributed by atoms with Crippen molar-refractivity contribution in [1.29, 1.82) is 0 Å². The molecule has 0 N–H and O–H groups in total. The smallest absolute Gasteiger partial charge is 0.340 e. The van der Waals surface area contributed by atoms with Crippen LogP contribution in [0.5, 0.6) is 0 Å². The van der Waals surface area contributed by atoms with Gasteiger partial charge in [0.2, 0.25) is 10.0 Å². The summed E-state index contributed by atoms with van der Waals surface area (Å²) in [6.45, 7) is 2.14. The van der Waals surface area contributed by atoms with Crippen molar-refractivity contribution < 1.29 is 22.7 Å². The summed E-state index contributed by atoms with van der Waals surface area (Å²) in [5.74, 6) is -1.22. The predicted molar refractivity (Wildman–Crippen MR) is 121 cm³/mol. The quantitative estimate of drug-likeness (QED) is 0.604. The number of amides is 1. The summed E-state index contributed by atoms with van der Waals surface area (Å²) in [5, 5.41) is 0.391. The maximum atomic E-state index is 12.9. The number of hydrogen-bond acceptors (Lipinski definition) is 6. The Kier molecular flexibility index (Phi) is 7.31. The molecule has 0 radical (unpaired) electrons. The number of benzene rings is 2. The zero-order valence-corrected chi connectivity index (χ0v) is 19.8. The van der Waals surface area contributed by atoms with Crippen molar-refractivity contribution in [2.45, 2.75) is 28.4 Å². The molecule has 7 nitrogen and oxygen atoms in total. The lowest BCUT2D eigenvalue weighted by Gasteiger charge is -2.22. The Labute approximate surface area is 191 Å². The molecule has 0 saturated carbocycles. The highest BCUT2D eigenvalue weighted by molar-refractivity contribution is 8.00. The maximum Gasteiger partial charge on any atom is 0.340 e. The number of esters is 1. The Morgan fingerprint density at radius 3 is 2.65 bits per heavy atom. The maximum absolute atomic E-state index is 12.9. The van der Waals surface area contributed by atoms with E-state index in [-0.39, 0.29) is 21.4 Å². The van der Waals surface area contributed by atoms with Gasteiger partial charge in [0.15, 0.2) is 6.61 Å². The largest absolute Gasteiger partial charge is 0.452 e. The lowest BCUT2D eigenvalue weighted by atomic mass is 10.2. The number of hydrogen-bond donors (Lipinski definition) is 0. The van der Waals surface area contributed by atoms with Crippen molar-refractivity contribution in [3.8, 4) is 0 Å². The molecule has 3 rings (SSSR count). The summed E-state index contributed by atoms with van der Waals surface area (Å²) >= 11 is 7.79. The summed E-state index contributed by atoms with van der Waals surface area (Å²) in [4.78, 5) is 28.0. The predicted octanol–water partition coefficient (Wildman–Crippen LogP) is 3.66. The number of rotatable bonds is 5. The minimum Gasteiger partial charge on any atom is -0.452 e. The molecule has 10 heteroatoms.